The Bertz CT molecular complexity index is 473. The van der Waals surface area contributed by atoms with Crippen molar-refractivity contribution < 1.29 is 23.0 Å². The molecular formula is C28H60NO4P. The van der Waals surface area contributed by atoms with Gasteiger partial charge in [0.2, 0.25) is 0 Å². The predicted octanol–water partition coefficient (Wildman–Crippen LogP) is 8.41. The number of phosphoric ester groups is 1. The summed E-state index contributed by atoms with van der Waals surface area (Å²) in [6.07, 6.45) is 25.6. The molecule has 0 N–H and O–H groups in total. The van der Waals surface area contributed by atoms with Crippen molar-refractivity contribution >= 4 is 7.82 Å². The number of phosphoric acid groups is 1. The van der Waals surface area contributed by atoms with Crippen LogP contribution in [0.15, 0.2) is 0 Å². The summed E-state index contributed by atoms with van der Waals surface area (Å²) >= 11 is 0. The SMILES string of the molecule is CCCCCCCCCCCCCC[N+](C)(C)CCOP(=O)([O-])OCCCCCCCCCC. The highest BCUT2D eigenvalue weighted by molar-refractivity contribution is 7.45. The van der Waals surface area contributed by atoms with E-state index in [1.807, 2.05) is 0 Å². The van der Waals surface area contributed by atoms with Crippen LogP contribution in [0.2, 0.25) is 0 Å². The molecule has 206 valence electrons. The summed E-state index contributed by atoms with van der Waals surface area (Å²) in [5, 5.41) is 0. The topological polar surface area (TPSA) is 58.6 Å². The molecule has 0 radical (unpaired) electrons. The Kier molecular flexibility index (Phi) is 23.5. The highest BCUT2D eigenvalue weighted by Crippen LogP contribution is 2.38. The van der Waals surface area contributed by atoms with Crippen molar-refractivity contribution in [1.82, 2.24) is 0 Å². The molecule has 0 saturated heterocycles. The Labute approximate surface area is 213 Å². The molecule has 0 spiro atoms. The van der Waals surface area contributed by atoms with Gasteiger partial charge in [-0.1, -0.05) is 123 Å². The Morgan fingerprint density at radius 2 is 0.882 bits per heavy atom. The largest absolute Gasteiger partial charge is 0.756 e. The summed E-state index contributed by atoms with van der Waals surface area (Å²) in [6.45, 7) is 6.68. The van der Waals surface area contributed by atoms with Crippen molar-refractivity contribution in [3.63, 3.8) is 0 Å². The van der Waals surface area contributed by atoms with Crippen LogP contribution in [0.5, 0.6) is 0 Å². The van der Waals surface area contributed by atoms with E-state index in [1.54, 1.807) is 0 Å². The molecule has 0 bridgehead atoms. The third kappa shape index (κ3) is 25.2. The zero-order valence-electron chi connectivity index (χ0n) is 23.5. The molecule has 0 rings (SSSR count). The zero-order valence-corrected chi connectivity index (χ0v) is 24.4. The molecule has 1 unspecified atom stereocenters. The molecule has 0 aromatic rings. The molecule has 0 saturated carbocycles. The van der Waals surface area contributed by atoms with E-state index in [2.05, 4.69) is 27.9 Å². The normalized spacial score (nSPS) is 13.9. The monoisotopic (exact) mass is 505 g/mol. The highest BCUT2D eigenvalue weighted by Gasteiger charge is 2.17. The van der Waals surface area contributed by atoms with Gasteiger partial charge in [0, 0.05) is 0 Å². The van der Waals surface area contributed by atoms with E-state index in [0.29, 0.717) is 6.54 Å². The van der Waals surface area contributed by atoms with Gasteiger partial charge in [-0.25, -0.2) is 0 Å². The second-order valence-electron chi connectivity index (χ2n) is 10.9. The Morgan fingerprint density at radius 3 is 1.32 bits per heavy atom. The Morgan fingerprint density at radius 1 is 0.529 bits per heavy atom. The first-order valence-electron chi connectivity index (χ1n) is 14.7. The standard InChI is InChI=1S/C28H60NO4P/c1-5-7-9-11-13-15-16-17-18-19-21-23-25-29(3,4)26-28-33-34(30,31)32-27-24-22-20-14-12-10-8-6-2/h5-28H2,1-4H3. The minimum Gasteiger partial charge on any atom is -0.756 e. The van der Waals surface area contributed by atoms with E-state index in [9.17, 15) is 9.46 Å². The number of hydrogen-bond donors (Lipinski definition) is 0. The van der Waals surface area contributed by atoms with Gasteiger partial charge in [-0.3, -0.25) is 4.57 Å². The van der Waals surface area contributed by atoms with Gasteiger partial charge in [-0.15, -0.1) is 0 Å². The fourth-order valence-electron chi connectivity index (χ4n) is 4.34. The van der Waals surface area contributed by atoms with Crippen LogP contribution < -0.4 is 4.89 Å². The third-order valence-corrected chi connectivity index (χ3v) is 7.81. The zero-order chi connectivity index (χ0) is 25.4. The fourth-order valence-corrected chi connectivity index (χ4v) is 5.07. The number of unbranched alkanes of at least 4 members (excludes halogenated alkanes) is 18. The first-order valence-corrected chi connectivity index (χ1v) is 16.2. The van der Waals surface area contributed by atoms with Crippen molar-refractivity contribution in [1.29, 1.82) is 0 Å². The quantitative estimate of drug-likeness (QED) is 0.0639. The molecular weight excluding hydrogens is 445 g/mol. The third-order valence-electron chi connectivity index (χ3n) is 6.81. The van der Waals surface area contributed by atoms with Crippen LogP contribution >= 0.6 is 7.82 Å². The molecule has 5 nitrogen and oxygen atoms in total. The van der Waals surface area contributed by atoms with Gasteiger partial charge >= 0.3 is 0 Å². The molecule has 0 amide bonds. The average Bonchev–Trinajstić information content (AvgIpc) is 2.78. The molecule has 34 heavy (non-hydrogen) atoms. The number of likely N-dealkylation sites (N-methyl/N-ethyl adjacent to an activating group) is 1. The maximum absolute atomic E-state index is 12.0. The maximum atomic E-state index is 12.0. The first kappa shape index (κ1) is 34.1. The molecule has 0 aliphatic heterocycles. The molecule has 1 atom stereocenters. The molecule has 0 aromatic carbocycles. The molecule has 0 aromatic heterocycles. The lowest BCUT2D eigenvalue weighted by Gasteiger charge is -2.31. The van der Waals surface area contributed by atoms with Gasteiger partial charge in [-0.05, 0) is 19.3 Å². The molecule has 0 aliphatic rings. The number of nitrogens with zero attached hydrogens (tertiary/aromatic N) is 1. The predicted molar refractivity (Wildman–Crippen MR) is 145 cm³/mol. The maximum Gasteiger partial charge on any atom is 0.268 e. The van der Waals surface area contributed by atoms with Crippen LogP contribution in [0.3, 0.4) is 0 Å². The van der Waals surface area contributed by atoms with Crippen LogP contribution in [0.1, 0.15) is 142 Å². The van der Waals surface area contributed by atoms with Crippen molar-refractivity contribution in [3.8, 4) is 0 Å². The van der Waals surface area contributed by atoms with Gasteiger partial charge in [-0.2, -0.15) is 0 Å². The summed E-state index contributed by atoms with van der Waals surface area (Å²) in [5.74, 6) is 0. The summed E-state index contributed by atoms with van der Waals surface area (Å²) in [5.41, 5.74) is 0. The molecule has 6 heteroatoms. The van der Waals surface area contributed by atoms with Crippen LogP contribution in [-0.2, 0) is 13.6 Å². The fraction of sp³-hybridized carbons (Fsp3) is 1.00. The van der Waals surface area contributed by atoms with Crippen LogP contribution in [0, 0.1) is 0 Å². The van der Waals surface area contributed by atoms with E-state index in [-0.39, 0.29) is 13.2 Å². The van der Waals surface area contributed by atoms with Crippen LogP contribution in [0.25, 0.3) is 0 Å². The van der Waals surface area contributed by atoms with Crippen LogP contribution in [0.4, 0.5) is 0 Å². The van der Waals surface area contributed by atoms with Gasteiger partial charge in [0.1, 0.15) is 13.2 Å². The second-order valence-corrected chi connectivity index (χ2v) is 12.3. The minimum atomic E-state index is -4.17. The van der Waals surface area contributed by atoms with Crippen molar-refractivity contribution in [2.24, 2.45) is 0 Å². The van der Waals surface area contributed by atoms with Crippen molar-refractivity contribution in [3.05, 3.63) is 0 Å². The summed E-state index contributed by atoms with van der Waals surface area (Å²) in [6, 6.07) is 0. The van der Waals surface area contributed by atoms with E-state index in [0.717, 1.165) is 30.3 Å². The Hall–Kier alpha value is 0.0700. The number of quaternary nitrogens is 1. The van der Waals surface area contributed by atoms with E-state index in [1.165, 1.54) is 109 Å². The average molecular weight is 506 g/mol. The van der Waals surface area contributed by atoms with Gasteiger partial charge < -0.3 is 18.4 Å². The summed E-state index contributed by atoms with van der Waals surface area (Å²) in [7, 11) is 0.136. The van der Waals surface area contributed by atoms with Gasteiger partial charge in [0.05, 0.1) is 27.2 Å². The summed E-state index contributed by atoms with van der Waals surface area (Å²) < 4.78 is 22.9. The number of hydrogen-bond acceptors (Lipinski definition) is 4. The molecule has 0 fully saturated rings. The Balaban J connectivity index is 3.59. The lowest BCUT2D eigenvalue weighted by atomic mass is 10.1. The van der Waals surface area contributed by atoms with Crippen molar-refractivity contribution in [2.75, 3.05) is 40.4 Å². The van der Waals surface area contributed by atoms with Crippen molar-refractivity contribution in [2.45, 2.75) is 142 Å². The van der Waals surface area contributed by atoms with Gasteiger partial charge in [0.25, 0.3) is 7.82 Å². The summed E-state index contributed by atoms with van der Waals surface area (Å²) in [4.78, 5) is 12.0. The smallest absolute Gasteiger partial charge is 0.268 e. The van der Waals surface area contributed by atoms with E-state index >= 15 is 0 Å². The van der Waals surface area contributed by atoms with Gasteiger partial charge in [0.15, 0.2) is 0 Å². The lowest BCUT2D eigenvalue weighted by molar-refractivity contribution is -0.890. The van der Waals surface area contributed by atoms with E-state index < -0.39 is 7.82 Å². The molecule has 0 aliphatic carbocycles. The highest BCUT2D eigenvalue weighted by atomic mass is 31.2. The molecule has 0 heterocycles. The number of rotatable bonds is 27. The second kappa shape index (κ2) is 23.5. The van der Waals surface area contributed by atoms with E-state index in [4.69, 9.17) is 9.05 Å². The van der Waals surface area contributed by atoms with Crippen LogP contribution in [-0.4, -0.2) is 44.9 Å². The lowest BCUT2D eigenvalue weighted by Crippen LogP contribution is -2.43. The first-order chi connectivity index (χ1) is 16.3. The minimum absolute atomic E-state index is 0.198.